The van der Waals surface area contributed by atoms with Crippen molar-refractivity contribution in [3.63, 3.8) is 0 Å². The molecule has 186 valence electrons. The Labute approximate surface area is 201 Å². The molecule has 0 rings (SSSR count). The second-order valence-corrected chi connectivity index (χ2v) is 9.50. The minimum atomic E-state index is -0.172. The van der Waals surface area contributed by atoms with Crippen LogP contribution in [0.1, 0.15) is 122 Å². The van der Waals surface area contributed by atoms with Crippen molar-refractivity contribution in [2.45, 2.75) is 129 Å². The van der Waals surface area contributed by atoms with Crippen LogP contribution in [0.15, 0.2) is 0 Å². The maximum absolute atomic E-state index is 11.5. The number of rotatable bonds is 25. The van der Waals surface area contributed by atoms with Crippen LogP contribution in [0.25, 0.3) is 0 Å². The number of esters is 1. The first kappa shape index (κ1) is 30.9. The second-order valence-electron chi connectivity index (χ2n) is 8.71. The van der Waals surface area contributed by atoms with Gasteiger partial charge in [0.05, 0.1) is 6.61 Å². The van der Waals surface area contributed by atoms with Crippen molar-refractivity contribution in [1.82, 2.24) is 0 Å². The Hall–Kier alpha value is -0.130. The summed E-state index contributed by atoms with van der Waals surface area (Å²) < 4.78 is 16.2. The van der Waals surface area contributed by atoms with Gasteiger partial charge in [-0.2, -0.15) is 0 Å². The minimum Gasteiger partial charge on any atom is -0.463 e. The van der Waals surface area contributed by atoms with Gasteiger partial charge in [-0.3, -0.25) is 4.79 Å². The van der Waals surface area contributed by atoms with Crippen LogP contribution < -0.4 is 0 Å². The normalized spacial score (nSPS) is 12.2. The van der Waals surface area contributed by atoms with Crippen LogP contribution in [0.2, 0.25) is 0 Å². The molecule has 0 radical (unpaired) electrons. The Kier molecular flexibility index (Phi) is 26.0. The molecule has 0 spiro atoms. The van der Waals surface area contributed by atoms with Gasteiger partial charge in [0.15, 0.2) is 0 Å². The molecule has 0 N–H and O–H groups in total. The van der Waals surface area contributed by atoms with Crippen LogP contribution in [0.4, 0.5) is 0 Å². The molecule has 0 aromatic rings. The molecule has 31 heavy (non-hydrogen) atoms. The smallest absolute Gasteiger partial charge is 0.305 e. The molecule has 0 aliphatic rings. The molecule has 0 bridgehead atoms. The summed E-state index contributed by atoms with van der Waals surface area (Å²) in [5.74, 6) is -0.167. The summed E-state index contributed by atoms with van der Waals surface area (Å²) >= 11 is 3.31. The molecule has 1 atom stereocenters. The topological polar surface area (TPSA) is 44.8 Å². The first-order chi connectivity index (χ1) is 15.2. The minimum absolute atomic E-state index is 0.167. The highest BCUT2D eigenvalue weighted by atomic mass is 79.9. The van der Waals surface area contributed by atoms with Gasteiger partial charge in [-0.1, -0.05) is 119 Å². The summed E-state index contributed by atoms with van der Waals surface area (Å²) in [5, 5.41) is 0.818. The first-order valence-corrected chi connectivity index (χ1v) is 14.2. The van der Waals surface area contributed by atoms with E-state index in [1.54, 1.807) is 7.11 Å². The molecule has 1 unspecified atom stereocenters. The standard InChI is InChI=1S/C26H51BrO4/c1-3-4-5-6-7-8-9-10-11-12-13-14-15-16-17-18-22-30-23-25(29-2)24-31-26(28)20-19-21-27/h25H,3-24H2,1-2H3. The lowest BCUT2D eigenvalue weighted by Gasteiger charge is -2.15. The van der Waals surface area contributed by atoms with Crippen LogP contribution in [0.3, 0.4) is 0 Å². The largest absolute Gasteiger partial charge is 0.463 e. The Morgan fingerprint density at radius 3 is 1.65 bits per heavy atom. The summed E-state index contributed by atoms with van der Waals surface area (Å²) in [6, 6.07) is 0. The zero-order valence-corrected chi connectivity index (χ0v) is 22.2. The molecule has 0 aromatic heterocycles. The first-order valence-electron chi connectivity index (χ1n) is 13.1. The zero-order valence-electron chi connectivity index (χ0n) is 20.6. The number of alkyl halides is 1. The second kappa shape index (κ2) is 26.1. The van der Waals surface area contributed by atoms with Crippen molar-refractivity contribution in [2.24, 2.45) is 0 Å². The highest BCUT2D eigenvalue weighted by Crippen LogP contribution is 2.13. The predicted octanol–water partition coefficient (Wildman–Crippen LogP) is 8.00. The molecule has 5 heteroatoms. The van der Waals surface area contributed by atoms with Crippen molar-refractivity contribution in [1.29, 1.82) is 0 Å². The molecule has 0 aliphatic carbocycles. The van der Waals surface area contributed by atoms with E-state index in [0.29, 0.717) is 13.0 Å². The van der Waals surface area contributed by atoms with Crippen molar-refractivity contribution < 1.29 is 19.0 Å². The van der Waals surface area contributed by atoms with E-state index in [4.69, 9.17) is 14.2 Å². The molecule has 4 nitrogen and oxygen atoms in total. The van der Waals surface area contributed by atoms with Crippen LogP contribution in [0.5, 0.6) is 0 Å². The van der Waals surface area contributed by atoms with Gasteiger partial charge < -0.3 is 14.2 Å². The lowest BCUT2D eigenvalue weighted by Crippen LogP contribution is -2.26. The van der Waals surface area contributed by atoms with Crippen molar-refractivity contribution in [3.05, 3.63) is 0 Å². The fourth-order valence-corrected chi connectivity index (χ4v) is 3.90. The Bertz CT molecular complexity index is 365. The van der Waals surface area contributed by atoms with Crippen LogP contribution >= 0.6 is 15.9 Å². The molecular weight excluding hydrogens is 456 g/mol. The monoisotopic (exact) mass is 506 g/mol. The van der Waals surface area contributed by atoms with Gasteiger partial charge in [0, 0.05) is 25.5 Å². The molecule has 0 saturated carbocycles. The zero-order chi connectivity index (χ0) is 22.8. The SMILES string of the molecule is CCCCCCCCCCCCCCCCCCOCC(COC(=O)CCCBr)OC. The average molecular weight is 508 g/mol. The summed E-state index contributed by atoms with van der Waals surface area (Å²) in [7, 11) is 1.63. The highest BCUT2D eigenvalue weighted by molar-refractivity contribution is 9.09. The number of carbonyl (C=O) groups excluding carboxylic acids is 1. The Morgan fingerprint density at radius 2 is 1.19 bits per heavy atom. The van der Waals surface area contributed by atoms with E-state index in [2.05, 4.69) is 22.9 Å². The predicted molar refractivity (Wildman–Crippen MR) is 135 cm³/mol. The van der Waals surface area contributed by atoms with Crippen LogP contribution in [-0.4, -0.2) is 44.3 Å². The molecule has 0 amide bonds. The van der Waals surface area contributed by atoms with Gasteiger partial charge >= 0.3 is 5.97 Å². The van der Waals surface area contributed by atoms with Gasteiger partial charge in [0.25, 0.3) is 0 Å². The maximum Gasteiger partial charge on any atom is 0.305 e. The van der Waals surface area contributed by atoms with E-state index in [-0.39, 0.29) is 18.7 Å². The number of halogens is 1. The number of carbonyl (C=O) groups is 1. The molecule has 0 saturated heterocycles. The molecule has 0 fully saturated rings. The van der Waals surface area contributed by atoms with Crippen LogP contribution in [-0.2, 0) is 19.0 Å². The van der Waals surface area contributed by atoms with Crippen LogP contribution in [0, 0.1) is 0 Å². The lowest BCUT2D eigenvalue weighted by atomic mass is 10.0. The third kappa shape index (κ3) is 24.3. The number of unbranched alkanes of at least 4 members (excludes halogenated alkanes) is 15. The fraction of sp³-hybridized carbons (Fsp3) is 0.962. The Morgan fingerprint density at radius 1 is 0.710 bits per heavy atom. The molecular formula is C26H51BrO4. The number of ether oxygens (including phenoxy) is 3. The fourth-order valence-electron chi connectivity index (χ4n) is 3.62. The van der Waals surface area contributed by atoms with Gasteiger partial charge in [-0.15, -0.1) is 0 Å². The van der Waals surface area contributed by atoms with E-state index in [1.807, 2.05) is 0 Å². The van der Waals surface area contributed by atoms with E-state index in [0.717, 1.165) is 24.8 Å². The van der Waals surface area contributed by atoms with E-state index < -0.39 is 0 Å². The summed E-state index contributed by atoms with van der Waals surface area (Å²) in [6.45, 7) is 3.80. The number of methoxy groups -OCH3 is 1. The molecule has 0 heterocycles. The molecule has 0 aliphatic heterocycles. The third-order valence-electron chi connectivity index (χ3n) is 5.72. The van der Waals surface area contributed by atoms with Gasteiger partial charge in [-0.25, -0.2) is 0 Å². The van der Waals surface area contributed by atoms with Crippen molar-refractivity contribution >= 4 is 21.9 Å². The maximum atomic E-state index is 11.5. The highest BCUT2D eigenvalue weighted by Gasteiger charge is 2.11. The van der Waals surface area contributed by atoms with E-state index in [9.17, 15) is 4.79 Å². The van der Waals surface area contributed by atoms with E-state index in [1.165, 1.54) is 96.3 Å². The third-order valence-corrected chi connectivity index (χ3v) is 6.28. The number of hydrogen-bond donors (Lipinski definition) is 0. The summed E-state index contributed by atoms with van der Waals surface area (Å²) in [4.78, 5) is 11.5. The van der Waals surface area contributed by atoms with E-state index >= 15 is 0 Å². The lowest BCUT2D eigenvalue weighted by molar-refractivity contribution is -0.148. The van der Waals surface area contributed by atoms with Gasteiger partial charge in [0.1, 0.15) is 12.7 Å². The number of hydrogen-bond acceptors (Lipinski definition) is 4. The van der Waals surface area contributed by atoms with Crippen molar-refractivity contribution in [2.75, 3.05) is 32.3 Å². The van der Waals surface area contributed by atoms with Crippen molar-refractivity contribution in [3.8, 4) is 0 Å². The average Bonchev–Trinajstić information content (AvgIpc) is 2.78. The summed E-state index contributed by atoms with van der Waals surface area (Å²) in [5.41, 5.74) is 0. The van der Waals surface area contributed by atoms with Gasteiger partial charge in [-0.05, 0) is 12.8 Å². The van der Waals surface area contributed by atoms with Gasteiger partial charge in [0.2, 0.25) is 0 Å². The molecule has 0 aromatic carbocycles. The quantitative estimate of drug-likeness (QED) is 0.0713. The Balaban J connectivity index is 3.27. The summed E-state index contributed by atoms with van der Waals surface area (Å²) in [6.07, 6.45) is 23.1.